The highest BCUT2D eigenvalue weighted by molar-refractivity contribution is 5.87. The smallest absolute Gasteiger partial charge is 0.335 e. The molecule has 0 aliphatic heterocycles. The van der Waals surface area contributed by atoms with E-state index < -0.39 is 5.97 Å². The highest BCUT2D eigenvalue weighted by Crippen LogP contribution is 2.07. The molecule has 1 aromatic carbocycles. The fourth-order valence-corrected chi connectivity index (χ4v) is 2.10. The Balaban J connectivity index is 1.64. The predicted octanol–water partition coefficient (Wildman–Crippen LogP) is 0.859. The Hall–Kier alpha value is -3.03. The summed E-state index contributed by atoms with van der Waals surface area (Å²) in [6.07, 6.45) is 5.71. The first-order chi connectivity index (χ1) is 10.7. The lowest BCUT2D eigenvalue weighted by molar-refractivity contribution is 0.0696. The minimum Gasteiger partial charge on any atom is -0.478 e. The highest BCUT2D eigenvalue weighted by atomic mass is 16.4. The lowest BCUT2D eigenvalue weighted by atomic mass is 10.1. The molecule has 0 aliphatic carbocycles. The number of carbonyl (C=O) groups is 1. The summed E-state index contributed by atoms with van der Waals surface area (Å²) in [5.74, 6) is -0.936. The van der Waals surface area contributed by atoms with Crippen molar-refractivity contribution in [3.63, 3.8) is 0 Å². The molecular weight excluding hydrogens is 284 g/mol. The van der Waals surface area contributed by atoms with E-state index in [2.05, 4.69) is 20.4 Å². The van der Waals surface area contributed by atoms with E-state index in [0.717, 1.165) is 11.3 Å². The number of carboxylic acids is 1. The molecule has 8 nitrogen and oxygen atoms in total. The summed E-state index contributed by atoms with van der Waals surface area (Å²) in [5, 5.41) is 21.2. The van der Waals surface area contributed by atoms with Crippen LogP contribution in [0.5, 0.6) is 0 Å². The Bertz CT molecular complexity index is 765. The largest absolute Gasteiger partial charge is 0.478 e. The third kappa shape index (κ3) is 3.35. The molecule has 22 heavy (non-hydrogen) atoms. The molecule has 0 fully saturated rings. The molecule has 2 aromatic heterocycles. The molecule has 8 heteroatoms. The van der Waals surface area contributed by atoms with Crippen molar-refractivity contribution in [3.05, 3.63) is 59.9 Å². The Morgan fingerprint density at radius 1 is 1.27 bits per heavy atom. The third-order valence-electron chi connectivity index (χ3n) is 3.17. The maximum atomic E-state index is 11.0. The van der Waals surface area contributed by atoms with E-state index in [-0.39, 0.29) is 5.56 Å². The van der Waals surface area contributed by atoms with Gasteiger partial charge in [0.15, 0.2) is 0 Å². The first kappa shape index (κ1) is 13.9. The van der Waals surface area contributed by atoms with Gasteiger partial charge in [0.2, 0.25) is 0 Å². The van der Waals surface area contributed by atoms with Crippen molar-refractivity contribution >= 4 is 5.97 Å². The van der Waals surface area contributed by atoms with Gasteiger partial charge in [-0.3, -0.25) is 4.68 Å². The average Bonchev–Trinajstić information content (AvgIpc) is 3.17. The van der Waals surface area contributed by atoms with E-state index >= 15 is 0 Å². The number of hydrogen-bond acceptors (Lipinski definition) is 5. The van der Waals surface area contributed by atoms with Crippen LogP contribution in [0.15, 0.2) is 43.1 Å². The topological polar surface area (TPSA) is 98.7 Å². The van der Waals surface area contributed by atoms with Crippen LogP contribution >= 0.6 is 0 Å². The zero-order valence-electron chi connectivity index (χ0n) is 11.7. The van der Waals surface area contributed by atoms with Gasteiger partial charge < -0.3 is 5.11 Å². The summed E-state index contributed by atoms with van der Waals surface area (Å²) in [6.45, 7) is 1.17. The first-order valence-electron chi connectivity index (χ1n) is 6.74. The molecule has 0 aliphatic rings. The van der Waals surface area contributed by atoms with Gasteiger partial charge in [0.1, 0.15) is 12.7 Å². The predicted molar refractivity (Wildman–Crippen MR) is 76.3 cm³/mol. The average molecular weight is 298 g/mol. The van der Waals surface area contributed by atoms with Crippen LogP contribution in [-0.4, -0.2) is 40.8 Å². The number of nitrogens with zero attached hydrogens (tertiary/aromatic N) is 6. The summed E-state index contributed by atoms with van der Waals surface area (Å²) in [6, 6.07) is 6.79. The number of aromatic nitrogens is 6. The molecule has 0 unspecified atom stereocenters. The van der Waals surface area contributed by atoms with Crippen LogP contribution < -0.4 is 0 Å². The number of aromatic carboxylic acids is 1. The molecule has 0 atom stereocenters. The van der Waals surface area contributed by atoms with Gasteiger partial charge in [0.25, 0.3) is 0 Å². The third-order valence-corrected chi connectivity index (χ3v) is 3.17. The van der Waals surface area contributed by atoms with Crippen LogP contribution in [0.25, 0.3) is 0 Å². The van der Waals surface area contributed by atoms with E-state index in [4.69, 9.17) is 5.11 Å². The molecule has 0 saturated heterocycles. The van der Waals surface area contributed by atoms with Crippen molar-refractivity contribution in [2.75, 3.05) is 0 Å². The lowest BCUT2D eigenvalue weighted by Crippen LogP contribution is -2.03. The van der Waals surface area contributed by atoms with Crippen molar-refractivity contribution in [2.45, 2.75) is 19.5 Å². The van der Waals surface area contributed by atoms with Crippen molar-refractivity contribution in [1.82, 2.24) is 29.8 Å². The highest BCUT2D eigenvalue weighted by Gasteiger charge is 2.06. The van der Waals surface area contributed by atoms with Crippen LogP contribution in [0.1, 0.15) is 21.6 Å². The quantitative estimate of drug-likeness (QED) is 0.724. The molecule has 2 heterocycles. The van der Waals surface area contributed by atoms with Crippen LogP contribution in [-0.2, 0) is 19.5 Å². The number of aryl methyl sites for hydroxylation is 2. The van der Waals surface area contributed by atoms with E-state index in [0.29, 0.717) is 19.5 Å². The first-order valence-corrected chi connectivity index (χ1v) is 6.74. The fraction of sp³-hybridized carbons (Fsp3) is 0.214. The Morgan fingerprint density at radius 3 is 2.95 bits per heavy atom. The van der Waals surface area contributed by atoms with Gasteiger partial charge in [-0.25, -0.2) is 14.5 Å². The molecule has 0 bridgehead atoms. The maximum absolute atomic E-state index is 11.0. The molecule has 0 amide bonds. The number of carboxylic acid groups (broad SMARTS) is 1. The molecular formula is C14H14N6O2. The molecule has 0 radical (unpaired) electrons. The second-order valence-electron chi connectivity index (χ2n) is 4.82. The Morgan fingerprint density at radius 2 is 2.18 bits per heavy atom. The van der Waals surface area contributed by atoms with Crippen molar-refractivity contribution in [1.29, 1.82) is 0 Å². The van der Waals surface area contributed by atoms with Gasteiger partial charge in [-0.1, -0.05) is 17.3 Å². The van der Waals surface area contributed by atoms with E-state index in [1.807, 2.05) is 12.3 Å². The second-order valence-corrected chi connectivity index (χ2v) is 4.82. The van der Waals surface area contributed by atoms with Crippen molar-refractivity contribution in [2.24, 2.45) is 0 Å². The minimum absolute atomic E-state index is 0.268. The van der Waals surface area contributed by atoms with Gasteiger partial charge >= 0.3 is 5.97 Å². The zero-order chi connectivity index (χ0) is 15.4. The van der Waals surface area contributed by atoms with Gasteiger partial charge in [0.05, 0.1) is 17.8 Å². The normalized spacial score (nSPS) is 10.7. The summed E-state index contributed by atoms with van der Waals surface area (Å²) in [4.78, 5) is 14.8. The van der Waals surface area contributed by atoms with E-state index in [1.165, 1.54) is 6.33 Å². The summed E-state index contributed by atoms with van der Waals surface area (Å²) in [7, 11) is 0. The van der Waals surface area contributed by atoms with Gasteiger partial charge in [0, 0.05) is 19.2 Å². The SMILES string of the molecule is O=C(O)c1cccc(Cn2cc(CCn3cncn3)nn2)c1. The van der Waals surface area contributed by atoms with Crippen molar-refractivity contribution < 1.29 is 9.90 Å². The molecule has 3 aromatic rings. The molecule has 3 rings (SSSR count). The van der Waals surface area contributed by atoms with Gasteiger partial charge in [-0.15, -0.1) is 5.10 Å². The Labute approximate surface area is 126 Å². The lowest BCUT2D eigenvalue weighted by Gasteiger charge is -2.02. The number of hydrogen-bond donors (Lipinski definition) is 1. The second kappa shape index (κ2) is 6.17. The summed E-state index contributed by atoms with van der Waals surface area (Å²) in [5.41, 5.74) is 1.99. The minimum atomic E-state index is -0.936. The Kier molecular flexibility index (Phi) is 3.90. The van der Waals surface area contributed by atoms with Gasteiger partial charge in [-0.05, 0) is 17.7 Å². The monoisotopic (exact) mass is 298 g/mol. The molecule has 1 N–H and O–H groups in total. The fourth-order valence-electron chi connectivity index (χ4n) is 2.10. The van der Waals surface area contributed by atoms with Crippen LogP contribution in [0, 0.1) is 0 Å². The van der Waals surface area contributed by atoms with Gasteiger partial charge in [-0.2, -0.15) is 5.10 Å². The van der Waals surface area contributed by atoms with E-state index in [9.17, 15) is 4.79 Å². The standard InChI is InChI=1S/C14H14N6O2/c21-14(22)12-3-1-2-11(6-12)7-20-8-13(17-18-20)4-5-19-10-15-9-16-19/h1-3,6,8-10H,4-5,7H2,(H,21,22). The summed E-state index contributed by atoms with van der Waals surface area (Å²) < 4.78 is 3.42. The van der Waals surface area contributed by atoms with Crippen molar-refractivity contribution in [3.8, 4) is 0 Å². The number of rotatable bonds is 6. The van der Waals surface area contributed by atoms with Crippen LogP contribution in [0.4, 0.5) is 0 Å². The van der Waals surface area contributed by atoms with Crippen LogP contribution in [0.3, 0.4) is 0 Å². The molecule has 0 saturated carbocycles. The molecule has 0 spiro atoms. The zero-order valence-corrected chi connectivity index (χ0v) is 11.7. The van der Waals surface area contributed by atoms with Crippen LogP contribution in [0.2, 0.25) is 0 Å². The maximum Gasteiger partial charge on any atom is 0.335 e. The van der Waals surface area contributed by atoms with E-state index in [1.54, 1.807) is 33.9 Å². The summed E-state index contributed by atoms with van der Waals surface area (Å²) >= 11 is 0. The molecule has 112 valence electrons. The number of benzene rings is 1.